The Morgan fingerprint density at radius 3 is 3.00 bits per heavy atom. The minimum absolute atomic E-state index is 0.0656. The van der Waals surface area contributed by atoms with Gasteiger partial charge in [-0.1, -0.05) is 0 Å². The van der Waals surface area contributed by atoms with E-state index in [-0.39, 0.29) is 12.6 Å². The molecule has 78 valence electrons. The van der Waals surface area contributed by atoms with E-state index >= 15 is 0 Å². The second-order valence-electron chi connectivity index (χ2n) is 3.54. The number of aliphatic hydroxyl groups excluding tert-OH is 1. The lowest BCUT2D eigenvalue weighted by atomic mass is 10.2. The van der Waals surface area contributed by atoms with Crippen LogP contribution in [0.2, 0.25) is 0 Å². The van der Waals surface area contributed by atoms with E-state index in [0.717, 1.165) is 45.7 Å². The van der Waals surface area contributed by atoms with Crippen molar-refractivity contribution >= 4 is 0 Å². The highest BCUT2D eigenvalue weighted by atomic mass is 16.5. The fraction of sp³-hybridized carbons (Fsp3) is 1.00. The van der Waals surface area contributed by atoms with Crippen LogP contribution in [-0.4, -0.2) is 55.5 Å². The summed E-state index contributed by atoms with van der Waals surface area (Å²) < 4.78 is 5.34. The molecule has 1 saturated heterocycles. The van der Waals surface area contributed by atoms with Crippen molar-refractivity contribution in [3.8, 4) is 0 Å². The Balaban J connectivity index is 2.11. The summed E-state index contributed by atoms with van der Waals surface area (Å²) in [7, 11) is 0. The molecule has 1 atom stereocenters. The third-order valence-electron chi connectivity index (χ3n) is 2.37. The molecule has 0 aromatic carbocycles. The van der Waals surface area contributed by atoms with Gasteiger partial charge in [-0.2, -0.15) is 0 Å². The highest BCUT2D eigenvalue weighted by molar-refractivity contribution is 4.66. The maximum absolute atomic E-state index is 8.75. The van der Waals surface area contributed by atoms with Crippen LogP contribution in [0.25, 0.3) is 0 Å². The largest absolute Gasteiger partial charge is 0.395 e. The molecule has 1 rings (SSSR count). The van der Waals surface area contributed by atoms with Gasteiger partial charge in [0.15, 0.2) is 0 Å². The van der Waals surface area contributed by atoms with Crippen molar-refractivity contribution in [1.82, 2.24) is 4.90 Å². The van der Waals surface area contributed by atoms with Crippen LogP contribution in [0.1, 0.15) is 12.8 Å². The van der Waals surface area contributed by atoms with Gasteiger partial charge in [0.25, 0.3) is 0 Å². The van der Waals surface area contributed by atoms with E-state index in [1.54, 1.807) is 0 Å². The zero-order valence-electron chi connectivity index (χ0n) is 8.11. The summed E-state index contributed by atoms with van der Waals surface area (Å²) in [5.74, 6) is 0. The van der Waals surface area contributed by atoms with Crippen LogP contribution < -0.4 is 5.73 Å². The van der Waals surface area contributed by atoms with Crippen molar-refractivity contribution in [3.63, 3.8) is 0 Å². The second kappa shape index (κ2) is 6.32. The number of hydrogen-bond acceptors (Lipinski definition) is 4. The number of ether oxygens (including phenoxy) is 1. The van der Waals surface area contributed by atoms with Crippen LogP contribution in [0, 0.1) is 0 Å². The second-order valence-corrected chi connectivity index (χ2v) is 3.54. The molecule has 1 aliphatic heterocycles. The molecule has 1 heterocycles. The Labute approximate surface area is 79.7 Å². The Bertz CT molecular complexity index is 125. The van der Waals surface area contributed by atoms with Crippen molar-refractivity contribution in [3.05, 3.63) is 0 Å². The zero-order chi connectivity index (χ0) is 9.52. The predicted octanol–water partition coefficient (Wildman–Crippen LogP) is -0.582. The fourth-order valence-electron chi connectivity index (χ4n) is 1.46. The first kappa shape index (κ1) is 10.9. The van der Waals surface area contributed by atoms with Crippen LogP contribution in [0.4, 0.5) is 0 Å². The SMILES string of the molecule is NC(CO)CCN1CCCOCC1. The van der Waals surface area contributed by atoms with Crippen molar-refractivity contribution in [2.24, 2.45) is 5.73 Å². The molecule has 1 unspecified atom stereocenters. The smallest absolute Gasteiger partial charge is 0.0593 e. The van der Waals surface area contributed by atoms with Crippen LogP contribution in [-0.2, 0) is 4.74 Å². The number of nitrogens with two attached hydrogens (primary N) is 1. The van der Waals surface area contributed by atoms with E-state index in [1.807, 2.05) is 0 Å². The lowest BCUT2D eigenvalue weighted by molar-refractivity contribution is 0.140. The van der Waals surface area contributed by atoms with E-state index in [0.29, 0.717) is 0 Å². The average Bonchev–Trinajstić information content (AvgIpc) is 2.42. The molecule has 0 aromatic heterocycles. The van der Waals surface area contributed by atoms with Crippen molar-refractivity contribution < 1.29 is 9.84 Å². The first-order valence-corrected chi connectivity index (χ1v) is 4.99. The molecule has 0 bridgehead atoms. The topological polar surface area (TPSA) is 58.7 Å². The van der Waals surface area contributed by atoms with E-state index in [4.69, 9.17) is 15.6 Å². The maximum Gasteiger partial charge on any atom is 0.0593 e. The minimum atomic E-state index is -0.0656. The summed E-state index contributed by atoms with van der Waals surface area (Å²) in [5.41, 5.74) is 5.62. The standard InChI is InChI=1S/C9H20N2O2/c10-9(8-12)2-4-11-3-1-6-13-7-5-11/h9,12H,1-8,10H2. The average molecular weight is 188 g/mol. The molecule has 0 aromatic rings. The summed E-state index contributed by atoms with van der Waals surface area (Å²) in [6.45, 7) is 4.86. The Morgan fingerprint density at radius 1 is 1.38 bits per heavy atom. The maximum atomic E-state index is 8.75. The highest BCUT2D eigenvalue weighted by Gasteiger charge is 2.10. The molecular weight excluding hydrogens is 168 g/mol. The molecule has 0 saturated carbocycles. The normalized spacial score (nSPS) is 22.6. The summed E-state index contributed by atoms with van der Waals surface area (Å²) in [6, 6.07) is -0.0656. The minimum Gasteiger partial charge on any atom is -0.395 e. The van der Waals surface area contributed by atoms with Crippen LogP contribution in [0.5, 0.6) is 0 Å². The molecule has 13 heavy (non-hydrogen) atoms. The van der Waals surface area contributed by atoms with Gasteiger partial charge >= 0.3 is 0 Å². The zero-order valence-corrected chi connectivity index (χ0v) is 8.11. The number of hydrogen-bond donors (Lipinski definition) is 2. The summed E-state index contributed by atoms with van der Waals surface area (Å²) >= 11 is 0. The van der Waals surface area contributed by atoms with Gasteiger partial charge in [0.05, 0.1) is 13.2 Å². The van der Waals surface area contributed by atoms with Crippen LogP contribution in [0.3, 0.4) is 0 Å². The summed E-state index contributed by atoms with van der Waals surface area (Å²) in [4.78, 5) is 2.35. The van der Waals surface area contributed by atoms with E-state index in [2.05, 4.69) is 4.90 Å². The number of aliphatic hydroxyl groups is 1. The van der Waals surface area contributed by atoms with E-state index in [9.17, 15) is 0 Å². The predicted molar refractivity (Wildman–Crippen MR) is 51.6 cm³/mol. The van der Waals surface area contributed by atoms with Crippen molar-refractivity contribution in [1.29, 1.82) is 0 Å². The van der Waals surface area contributed by atoms with Gasteiger partial charge in [-0.15, -0.1) is 0 Å². The van der Waals surface area contributed by atoms with Gasteiger partial charge in [-0.05, 0) is 19.4 Å². The third-order valence-corrected chi connectivity index (χ3v) is 2.37. The van der Waals surface area contributed by atoms with Crippen LogP contribution >= 0.6 is 0 Å². The van der Waals surface area contributed by atoms with Gasteiger partial charge in [-0.25, -0.2) is 0 Å². The Kier molecular flexibility index (Phi) is 5.31. The first-order chi connectivity index (χ1) is 6.33. The molecule has 0 amide bonds. The van der Waals surface area contributed by atoms with Gasteiger partial charge < -0.3 is 20.5 Å². The van der Waals surface area contributed by atoms with Crippen molar-refractivity contribution in [2.45, 2.75) is 18.9 Å². The lowest BCUT2D eigenvalue weighted by Gasteiger charge is -2.20. The van der Waals surface area contributed by atoms with E-state index < -0.39 is 0 Å². The van der Waals surface area contributed by atoms with Crippen LogP contribution in [0.15, 0.2) is 0 Å². The Morgan fingerprint density at radius 2 is 2.23 bits per heavy atom. The van der Waals surface area contributed by atoms with E-state index in [1.165, 1.54) is 0 Å². The fourth-order valence-corrected chi connectivity index (χ4v) is 1.46. The third kappa shape index (κ3) is 4.57. The molecule has 0 aliphatic carbocycles. The number of rotatable bonds is 4. The molecule has 1 aliphatic rings. The number of nitrogens with zero attached hydrogens (tertiary/aromatic N) is 1. The lowest BCUT2D eigenvalue weighted by Crippen LogP contribution is -2.33. The van der Waals surface area contributed by atoms with Gasteiger partial charge in [0.1, 0.15) is 0 Å². The molecule has 4 nitrogen and oxygen atoms in total. The molecule has 0 spiro atoms. The monoisotopic (exact) mass is 188 g/mol. The van der Waals surface area contributed by atoms with Gasteiger partial charge in [0.2, 0.25) is 0 Å². The summed E-state index contributed by atoms with van der Waals surface area (Å²) in [6.07, 6.45) is 1.98. The van der Waals surface area contributed by atoms with Gasteiger partial charge in [-0.3, -0.25) is 0 Å². The first-order valence-electron chi connectivity index (χ1n) is 4.99. The summed E-state index contributed by atoms with van der Waals surface area (Å²) in [5, 5.41) is 8.75. The molecule has 1 fully saturated rings. The highest BCUT2D eigenvalue weighted by Crippen LogP contribution is 2.00. The van der Waals surface area contributed by atoms with Crippen molar-refractivity contribution in [2.75, 3.05) is 39.5 Å². The molecule has 4 heteroatoms. The molecule has 3 N–H and O–H groups in total. The Hall–Kier alpha value is -0.160. The molecule has 0 radical (unpaired) electrons. The van der Waals surface area contributed by atoms with Gasteiger partial charge in [0, 0.05) is 25.7 Å². The quantitative estimate of drug-likeness (QED) is 0.619. The molecular formula is C9H20N2O2.